The Labute approximate surface area is 94.3 Å². The third-order valence-electron chi connectivity index (χ3n) is 3.63. The lowest BCUT2D eigenvalue weighted by atomic mass is 10.1. The number of hydrogen-bond acceptors (Lipinski definition) is 0. The molecule has 0 amide bonds. The van der Waals surface area contributed by atoms with E-state index in [1.165, 1.54) is 30.9 Å². The summed E-state index contributed by atoms with van der Waals surface area (Å²) in [6, 6.07) is 1.24. The van der Waals surface area contributed by atoms with Crippen LogP contribution in [0.25, 0.3) is 0 Å². The summed E-state index contributed by atoms with van der Waals surface area (Å²) in [7, 11) is 0. The van der Waals surface area contributed by atoms with E-state index in [0.29, 0.717) is 12.1 Å². The molecule has 0 aromatic rings. The zero-order valence-electron chi connectivity index (χ0n) is 11.2. The molecule has 0 aromatic heterocycles. The molecule has 1 saturated heterocycles. The van der Waals surface area contributed by atoms with Crippen molar-refractivity contribution in [1.82, 2.24) is 0 Å². The normalized spacial score (nSPS) is 27.6. The van der Waals surface area contributed by atoms with E-state index in [0.717, 1.165) is 0 Å². The van der Waals surface area contributed by atoms with Crippen molar-refractivity contribution in [1.29, 1.82) is 0 Å². The zero-order valence-corrected chi connectivity index (χ0v) is 11.2. The number of rotatable bonds is 0. The Balaban J connectivity index is 3.05. The van der Waals surface area contributed by atoms with E-state index in [-0.39, 0.29) is 0 Å². The Morgan fingerprint density at radius 2 is 1.13 bits per heavy atom. The van der Waals surface area contributed by atoms with E-state index in [9.17, 15) is 0 Å². The molecule has 0 aromatic carbocycles. The molecule has 2 unspecified atom stereocenters. The lowest BCUT2D eigenvalue weighted by Gasteiger charge is -2.15. The highest BCUT2D eigenvalue weighted by Crippen LogP contribution is 2.10. The first-order valence-corrected chi connectivity index (χ1v) is 6.08. The molecule has 0 saturated carbocycles. The van der Waals surface area contributed by atoms with E-state index in [1.807, 2.05) is 0 Å². The van der Waals surface area contributed by atoms with E-state index in [4.69, 9.17) is 0 Å². The predicted octanol–water partition coefficient (Wildman–Crippen LogP) is 2.15. The van der Waals surface area contributed by atoms with Crippen LogP contribution in [0.15, 0.2) is 0 Å². The monoisotopic (exact) mass is 210 g/mol. The van der Waals surface area contributed by atoms with Gasteiger partial charge in [0.1, 0.15) is 24.5 Å². The molecule has 0 radical (unpaired) electrons. The second kappa shape index (κ2) is 4.91. The zero-order chi connectivity index (χ0) is 11.6. The molecule has 2 atom stereocenters. The molecular weight excluding hydrogens is 184 g/mol. The third kappa shape index (κ3) is 2.67. The Morgan fingerprint density at radius 1 is 0.800 bits per heavy atom. The van der Waals surface area contributed by atoms with Gasteiger partial charge in [-0.25, -0.2) is 9.15 Å². The largest absolute Gasteiger partial charge is 0.228 e. The van der Waals surface area contributed by atoms with Crippen molar-refractivity contribution in [2.24, 2.45) is 0 Å². The highest BCUT2D eigenvalue weighted by Gasteiger charge is 2.35. The van der Waals surface area contributed by atoms with Crippen LogP contribution in [-0.4, -0.2) is 45.7 Å². The predicted molar refractivity (Wildman–Crippen MR) is 66.5 cm³/mol. The molecule has 0 spiro atoms. The van der Waals surface area contributed by atoms with Crippen LogP contribution in [0.4, 0.5) is 0 Å². The molecule has 2 heteroatoms. The molecule has 1 rings (SSSR count). The van der Waals surface area contributed by atoms with Gasteiger partial charge in [-0.15, -0.1) is 0 Å². The van der Waals surface area contributed by atoms with E-state index in [1.54, 1.807) is 0 Å². The minimum atomic E-state index is 0.618. The van der Waals surface area contributed by atoms with Crippen molar-refractivity contribution >= 4 is 11.4 Å². The van der Waals surface area contributed by atoms with Crippen molar-refractivity contribution in [2.75, 3.05) is 13.1 Å². The second-order valence-electron chi connectivity index (χ2n) is 5.12. The SMILES string of the molecule is CC(C)=[N+]1CCC[N+](=C(C)C)C(C)C1C. The van der Waals surface area contributed by atoms with Crippen molar-refractivity contribution in [3.05, 3.63) is 0 Å². The topological polar surface area (TPSA) is 6.02 Å². The molecule has 1 aliphatic heterocycles. The minimum absolute atomic E-state index is 0.618. The quantitative estimate of drug-likeness (QED) is 0.541. The van der Waals surface area contributed by atoms with Crippen LogP contribution in [0.1, 0.15) is 48.0 Å². The summed E-state index contributed by atoms with van der Waals surface area (Å²) in [4.78, 5) is 0. The van der Waals surface area contributed by atoms with Crippen LogP contribution in [-0.2, 0) is 0 Å². The average molecular weight is 210 g/mol. The summed E-state index contributed by atoms with van der Waals surface area (Å²) in [6.07, 6.45) is 1.27. The van der Waals surface area contributed by atoms with Gasteiger partial charge in [0.05, 0.1) is 6.42 Å². The lowest BCUT2D eigenvalue weighted by molar-refractivity contribution is -0.626. The minimum Gasteiger partial charge on any atom is -0.228 e. The molecule has 2 nitrogen and oxygen atoms in total. The van der Waals surface area contributed by atoms with Gasteiger partial charge < -0.3 is 0 Å². The molecule has 0 N–H and O–H groups in total. The third-order valence-corrected chi connectivity index (χ3v) is 3.63. The van der Waals surface area contributed by atoms with Gasteiger partial charge in [0.2, 0.25) is 12.1 Å². The molecule has 15 heavy (non-hydrogen) atoms. The first-order valence-electron chi connectivity index (χ1n) is 6.08. The molecule has 1 aliphatic rings. The molecule has 1 fully saturated rings. The average Bonchev–Trinajstić information content (AvgIpc) is 2.27. The molecule has 0 bridgehead atoms. The fourth-order valence-corrected chi connectivity index (χ4v) is 2.60. The maximum absolute atomic E-state index is 2.55. The van der Waals surface area contributed by atoms with Crippen LogP contribution in [0.2, 0.25) is 0 Å². The summed E-state index contributed by atoms with van der Waals surface area (Å²) < 4.78 is 5.10. The van der Waals surface area contributed by atoms with Gasteiger partial charge in [-0.3, -0.25) is 0 Å². The fraction of sp³-hybridized carbons (Fsp3) is 0.846. The second-order valence-corrected chi connectivity index (χ2v) is 5.12. The van der Waals surface area contributed by atoms with Crippen LogP contribution < -0.4 is 0 Å². The molecule has 1 heterocycles. The van der Waals surface area contributed by atoms with Gasteiger partial charge in [-0.2, -0.15) is 0 Å². The first kappa shape index (κ1) is 12.4. The Morgan fingerprint density at radius 3 is 1.40 bits per heavy atom. The smallest absolute Gasteiger partial charge is 0.210 e. The van der Waals surface area contributed by atoms with Gasteiger partial charge in [0.15, 0.2) is 0 Å². The van der Waals surface area contributed by atoms with Crippen LogP contribution in [0, 0.1) is 0 Å². The van der Waals surface area contributed by atoms with Gasteiger partial charge in [-0.1, -0.05) is 0 Å². The van der Waals surface area contributed by atoms with Gasteiger partial charge in [-0.05, 0) is 0 Å². The number of nitrogens with zero attached hydrogens (tertiary/aromatic N) is 2. The summed E-state index contributed by atoms with van der Waals surface area (Å²) in [6.45, 7) is 16.0. The molecule has 86 valence electrons. The highest BCUT2D eigenvalue weighted by atomic mass is 15.2. The number of hydrogen-bond donors (Lipinski definition) is 0. The van der Waals surface area contributed by atoms with Crippen molar-refractivity contribution < 1.29 is 9.15 Å². The Kier molecular flexibility index (Phi) is 4.06. The van der Waals surface area contributed by atoms with Gasteiger partial charge in [0, 0.05) is 41.5 Å². The highest BCUT2D eigenvalue weighted by molar-refractivity contribution is 5.74. The van der Waals surface area contributed by atoms with Crippen LogP contribution in [0.5, 0.6) is 0 Å². The Bertz CT molecular complexity index is 262. The van der Waals surface area contributed by atoms with E-state index >= 15 is 0 Å². The van der Waals surface area contributed by atoms with E-state index < -0.39 is 0 Å². The van der Waals surface area contributed by atoms with Crippen LogP contribution in [0.3, 0.4) is 0 Å². The molecule has 0 aliphatic carbocycles. The summed E-state index contributed by atoms with van der Waals surface area (Å²) >= 11 is 0. The van der Waals surface area contributed by atoms with Crippen molar-refractivity contribution in [3.8, 4) is 0 Å². The Hall–Kier alpha value is -0.660. The fourth-order valence-electron chi connectivity index (χ4n) is 2.60. The van der Waals surface area contributed by atoms with Crippen molar-refractivity contribution in [2.45, 2.75) is 60.0 Å². The molecular formula is C13H26N2+2. The summed E-state index contributed by atoms with van der Waals surface area (Å²) in [5.41, 5.74) is 2.90. The maximum atomic E-state index is 2.55. The van der Waals surface area contributed by atoms with E-state index in [2.05, 4.69) is 50.7 Å². The summed E-state index contributed by atoms with van der Waals surface area (Å²) in [5.74, 6) is 0. The van der Waals surface area contributed by atoms with Crippen LogP contribution >= 0.6 is 0 Å². The lowest BCUT2D eigenvalue weighted by Crippen LogP contribution is -2.40. The summed E-state index contributed by atoms with van der Waals surface area (Å²) in [5, 5.41) is 0. The van der Waals surface area contributed by atoms with Gasteiger partial charge in [0.25, 0.3) is 0 Å². The van der Waals surface area contributed by atoms with Gasteiger partial charge >= 0.3 is 0 Å². The van der Waals surface area contributed by atoms with Crippen molar-refractivity contribution in [3.63, 3.8) is 0 Å². The first-order chi connectivity index (χ1) is 6.95. The standard InChI is InChI=1S/C13H26N2/c1-10(2)14-8-7-9-15(11(3)4)13(6)12(14)5/h12-13H,7-9H2,1-6H3/q+2. The maximum Gasteiger partial charge on any atom is 0.210 e.